The summed E-state index contributed by atoms with van der Waals surface area (Å²) in [6, 6.07) is 8.60. The standard InChI is InChI=1S/C15H22O6.ClH/c16-6-7-19-8-9-20-10-11-21-12-14(17)15(18)13-4-2-1-3-5-13;/h1-5,14,16-17H,6-12H2;1H. The van der Waals surface area contributed by atoms with Crippen molar-refractivity contribution < 1.29 is 29.2 Å². The van der Waals surface area contributed by atoms with E-state index in [4.69, 9.17) is 19.3 Å². The smallest absolute Gasteiger partial charge is 0.193 e. The van der Waals surface area contributed by atoms with Gasteiger partial charge in [0.25, 0.3) is 0 Å². The molecule has 1 rings (SSSR count). The summed E-state index contributed by atoms with van der Waals surface area (Å²) in [5.41, 5.74) is 0.464. The Bertz CT molecular complexity index is 387. The zero-order chi connectivity index (χ0) is 15.3. The fourth-order valence-corrected chi connectivity index (χ4v) is 1.57. The Hall–Kier alpha value is -1.02. The molecule has 0 saturated heterocycles. The molecule has 0 aliphatic heterocycles. The molecule has 126 valence electrons. The molecule has 0 aliphatic rings. The number of benzene rings is 1. The van der Waals surface area contributed by atoms with Crippen LogP contribution in [0.5, 0.6) is 0 Å². The van der Waals surface area contributed by atoms with Crippen LogP contribution in [0.2, 0.25) is 0 Å². The van der Waals surface area contributed by atoms with E-state index in [-0.39, 0.29) is 31.4 Å². The third kappa shape index (κ3) is 9.09. The molecule has 0 aliphatic carbocycles. The molecule has 0 heterocycles. The van der Waals surface area contributed by atoms with Crippen molar-refractivity contribution in [3.63, 3.8) is 0 Å². The number of Topliss-reactive ketones (excluding diaryl/α,β-unsaturated/α-hetero) is 1. The summed E-state index contributed by atoms with van der Waals surface area (Å²) in [6.07, 6.45) is -1.17. The molecule has 7 heteroatoms. The maximum Gasteiger partial charge on any atom is 0.193 e. The Morgan fingerprint density at radius 3 is 2.09 bits per heavy atom. The van der Waals surface area contributed by atoms with Crippen LogP contribution in [0.15, 0.2) is 30.3 Å². The third-order valence-corrected chi connectivity index (χ3v) is 2.62. The highest BCUT2D eigenvalue weighted by Crippen LogP contribution is 2.03. The number of hydrogen-bond acceptors (Lipinski definition) is 6. The highest BCUT2D eigenvalue weighted by Gasteiger charge is 2.16. The van der Waals surface area contributed by atoms with Gasteiger partial charge in [0, 0.05) is 5.56 Å². The second-order valence-corrected chi connectivity index (χ2v) is 4.27. The molecule has 22 heavy (non-hydrogen) atoms. The van der Waals surface area contributed by atoms with E-state index in [1.807, 2.05) is 0 Å². The molecule has 1 aromatic rings. The van der Waals surface area contributed by atoms with Crippen LogP contribution in [-0.4, -0.2) is 68.3 Å². The third-order valence-electron chi connectivity index (χ3n) is 2.62. The number of hydrogen-bond donors (Lipinski definition) is 2. The van der Waals surface area contributed by atoms with Gasteiger partial charge in [0.2, 0.25) is 0 Å². The van der Waals surface area contributed by atoms with Crippen LogP contribution in [0.25, 0.3) is 0 Å². The second kappa shape index (κ2) is 13.6. The maximum absolute atomic E-state index is 11.8. The van der Waals surface area contributed by atoms with Gasteiger partial charge in [0.15, 0.2) is 5.78 Å². The van der Waals surface area contributed by atoms with Crippen LogP contribution in [0, 0.1) is 0 Å². The molecule has 0 radical (unpaired) electrons. The number of ketones is 1. The van der Waals surface area contributed by atoms with Crippen molar-refractivity contribution in [1.82, 2.24) is 0 Å². The molecule has 0 saturated carbocycles. The van der Waals surface area contributed by atoms with Crippen LogP contribution in [0.4, 0.5) is 0 Å². The summed E-state index contributed by atoms with van der Waals surface area (Å²) >= 11 is 0. The summed E-state index contributed by atoms with van der Waals surface area (Å²) in [5.74, 6) is -0.353. The number of ether oxygens (including phenoxy) is 3. The molecule has 0 amide bonds. The fraction of sp³-hybridized carbons (Fsp3) is 0.533. The van der Waals surface area contributed by atoms with Gasteiger partial charge in [-0.1, -0.05) is 30.3 Å². The lowest BCUT2D eigenvalue weighted by molar-refractivity contribution is -0.00917. The molecule has 0 spiro atoms. The highest BCUT2D eigenvalue weighted by molar-refractivity contribution is 5.99. The van der Waals surface area contributed by atoms with Gasteiger partial charge >= 0.3 is 0 Å². The van der Waals surface area contributed by atoms with E-state index in [9.17, 15) is 9.90 Å². The van der Waals surface area contributed by atoms with Crippen molar-refractivity contribution in [2.24, 2.45) is 0 Å². The largest absolute Gasteiger partial charge is 0.394 e. The average molecular weight is 335 g/mol. The predicted octanol–water partition coefficient (Wildman–Crippen LogP) is 0.694. The van der Waals surface area contributed by atoms with E-state index in [1.165, 1.54) is 0 Å². The van der Waals surface area contributed by atoms with Crippen molar-refractivity contribution in [2.45, 2.75) is 6.10 Å². The minimum Gasteiger partial charge on any atom is -0.394 e. The molecule has 2 N–H and O–H groups in total. The van der Waals surface area contributed by atoms with E-state index < -0.39 is 6.10 Å². The van der Waals surface area contributed by atoms with Gasteiger partial charge in [0.1, 0.15) is 6.10 Å². The number of carbonyl (C=O) groups is 1. The predicted molar refractivity (Wildman–Crippen MR) is 83.6 cm³/mol. The summed E-state index contributed by atoms with van der Waals surface area (Å²) < 4.78 is 15.4. The average Bonchev–Trinajstić information content (AvgIpc) is 2.53. The number of aliphatic hydroxyl groups excluding tert-OH is 2. The molecular formula is C15H23ClO6. The molecular weight excluding hydrogens is 312 g/mol. The fourth-order valence-electron chi connectivity index (χ4n) is 1.57. The lowest BCUT2D eigenvalue weighted by atomic mass is 10.1. The van der Waals surface area contributed by atoms with Gasteiger partial charge in [-0.15, -0.1) is 12.4 Å². The van der Waals surface area contributed by atoms with Crippen molar-refractivity contribution in [2.75, 3.05) is 46.2 Å². The molecule has 1 aromatic carbocycles. The minimum atomic E-state index is -1.17. The molecule has 0 bridgehead atoms. The summed E-state index contributed by atoms with van der Waals surface area (Å²) in [5, 5.41) is 18.2. The van der Waals surface area contributed by atoms with Crippen molar-refractivity contribution >= 4 is 18.2 Å². The summed E-state index contributed by atoms with van der Waals surface area (Å²) in [4.78, 5) is 11.8. The highest BCUT2D eigenvalue weighted by atomic mass is 35.5. The van der Waals surface area contributed by atoms with Gasteiger partial charge in [-0.25, -0.2) is 0 Å². The van der Waals surface area contributed by atoms with Gasteiger partial charge in [-0.05, 0) is 0 Å². The van der Waals surface area contributed by atoms with E-state index in [0.717, 1.165) is 0 Å². The van der Waals surface area contributed by atoms with Gasteiger partial charge in [0.05, 0.1) is 46.2 Å². The Morgan fingerprint density at radius 1 is 0.955 bits per heavy atom. The van der Waals surface area contributed by atoms with Crippen LogP contribution < -0.4 is 0 Å². The lowest BCUT2D eigenvalue weighted by Crippen LogP contribution is -2.27. The number of carbonyl (C=O) groups excluding carboxylic acids is 1. The Balaban J connectivity index is 0.00000441. The molecule has 1 unspecified atom stereocenters. The first-order chi connectivity index (χ1) is 10.3. The lowest BCUT2D eigenvalue weighted by Gasteiger charge is -2.10. The Labute approximate surface area is 136 Å². The zero-order valence-electron chi connectivity index (χ0n) is 12.3. The Morgan fingerprint density at radius 2 is 1.50 bits per heavy atom. The van der Waals surface area contributed by atoms with Gasteiger partial charge in [-0.2, -0.15) is 0 Å². The first kappa shape index (κ1) is 21.0. The second-order valence-electron chi connectivity index (χ2n) is 4.27. The molecule has 0 aromatic heterocycles. The minimum absolute atomic E-state index is 0. The quantitative estimate of drug-likeness (QED) is 0.432. The monoisotopic (exact) mass is 334 g/mol. The zero-order valence-corrected chi connectivity index (χ0v) is 13.2. The van der Waals surface area contributed by atoms with Crippen LogP contribution in [-0.2, 0) is 14.2 Å². The molecule has 1 atom stereocenters. The molecule has 0 fully saturated rings. The van der Waals surface area contributed by atoms with Gasteiger partial charge in [-0.3, -0.25) is 4.79 Å². The Kier molecular flexibility index (Phi) is 13.0. The van der Waals surface area contributed by atoms with Gasteiger partial charge < -0.3 is 24.4 Å². The first-order valence-corrected chi connectivity index (χ1v) is 6.87. The van der Waals surface area contributed by atoms with E-state index in [2.05, 4.69) is 0 Å². The number of rotatable bonds is 12. The van der Waals surface area contributed by atoms with Crippen LogP contribution in [0.1, 0.15) is 10.4 Å². The topological polar surface area (TPSA) is 85.2 Å². The normalized spacial score (nSPS) is 11.7. The van der Waals surface area contributed by atoms with Crippen molar-refractivity contribution in [3.8, 4) is 0 Å². The number of aliphatic hydroxyl groups is 2. The van der Waals surface area contributed by atoms with Crippen molar-refractivity contribution in [1.29, 1.82) is 0 Å². The maximum atomic E-state index is 11.8. The van der Waals surface area contributed by atoms with Crippen LogP contribution >= 0.6 is 12.4 Å². The van der Waals surface area contributed by atoms with E-state index in [0.29, 0.717) is 38.6 Å². The SMILES string of the molecule is Cl.O=C(c1ccccc1)C(O)COCCOCCOCCO. The van der Waals surface area contributed by atoms with E-state index in [1.54, 1.807) is 30.3 Å². The van der Waals surface area contributed by atoms with Crippen LogP contribution in [0.3, 0.4) is 0 Å². The summed E-state index contributed by atoms with van der Waals surface area (Å²) in [7, 11) is 0. The summed E-state index contributed by atoms with van der Waals surface area (Å²) in [6.45, 7) is 1.71. The number of halogens is 1. The first-order valence-electron chi connectivity index (χ1n) is 6.87. The molecule has 6 nitrogen and oxygen atoms in total. The van der Waals surface area contributed by atoms with Crippen molar-refractivity contribution in [3.05, 3.63) is 35.9 Å². The van der Waals surface area contributed by atoms with E-state index >= 15 is 0 Å².